The Morgan fingerprint density at radius 1 is 1.31 bits per heavy atom. The van der Waals surface area contributed by atoms with Crippen molar-refractivity contribution in [1.82, 2.24) is 5.32 Å². The van der Waals surface area contributed by atoms with Gasteiger partial charge in [0.15, 0.2) is 0 Å². The first-order valence-corrected chi connectivity index (χ1v) is 5.33. The number of nitrogens with one attached hydrogen (secondary N) is 1. The van der Waals surface area contributed by atoms with Crippen molar-refractivity contribution >= 4 is 12.1 Å². The Morgan fingerprint density at radius 3 is 2.19 bits per heavy atom. The molecular formula is C11H21NO4. The zero-order valence-corrected chi connectivity index (χ0v) is 10.5. The molecule has 0 aliphatic carbocycles. The Hall–Kier alpha value is -1.26. The van der Waals surface area contributed by atoms with E-state index in [4.69, 9.17) is 9.84 Å². The summed E-state index contributed by atoms with van der Waals surface area (Å²) in [5.74, 6) is -1.00. The van der Waals surface area contributed by atoms with Crippen LogP contribution in [0.2, 0.25) is 0 Å². The highest BCUT2D eigenvalue weighted by Gasteiger charge is 2.21. The monoisotopic (exact) mass is 231 g/mol. The minimum atomic E-state index is -0.870. The molecule has 2 N–H and O–H groups in total. The molecule has 0 saturated carbocycles. The van der Waals surface area contributed by atoms with Crippen molar-refractivity contribution in [2.45, 2.75) is 52.7 Å². The van der Waals surface area contributed by atoms with Crippen LogP contribution in [0.25, 0.3) is 0 Å². The second kappa shape index (κ2) is 5.72. The number of carboxylic acids is 1. The lowest BCUT2D eigenvalue weighted by molar-refractivity contribution is -0.138. The summed E-state index contributed by atoms with van der Waals surface area (Å²) in [5.41, 5.74) is -0.542. The predicted molar refractivity (Wildman–Crippen MR) is 60.2 cm³/mol. The Morgan fingerprint density at radius 2 is 1.81 bits per heavy atom. The summed E-state index contributed by atoms with van der Waals surface area (Å²) < 4.78 is 5.07. The SMILES string of the molecule is C[C@H](NC(=O)OC(C)(C)C)[C@@H](C)CC(=O)O. The van der Waals surface area contributed by atoms with E-state index < -0.39 is 17.7 Å². The van der Waals surface area contributed by atoms with Gasteiger partial charge in [-0.25, -0.2) is 4.79 Å². The number of carbonyl (C=O) groups excluding carboxylic acids is 1. The summed E-state index contributed by atoms with van der Waals surface area (Å²) in [4.78, 5) is 21.9. The summed E-state index contributed by atoms with van der Waals surface area (Å²) >= 11 is 0. The quantitative estimate of drug-likeness (QED) is 0.776. The Labute approximate surface area is 96.2 Å². The summed E-state index contributed by atoms with van der Waals surface area (Å²) in [6.45, 7) is 8.86. The van der Waals surface area contributed by atoms with E-state index in [2.05, 4.69) is 5.32 Å². The molecule has 0 aliphatic rings. The predicted octanol–water partition coefficient (Wildman–Crippen LogP) is 2.01. The highest BCUT2D eigenvalue weighted by Crippen LogP contribution is 2.10. The third kappa shape index (κ3) is 7.09. The molecule has 0 rings (SSSR count). The van der Waals surface area contributed by atoms with E-state index in [-0.39, 0.29) is 18.4 Å². The fourth-order valence-electron chi connectivity index (χ4n) is 1.09. The van der Waals surface area contributed by atoms with Crippen LogP contribution in [0.15, 0.2) is 0 Å². The van der Waals surface area contributed by atoms with Crippen molar-refractivity contribution in [2.24, 2.45) is 5.92 Å². The van der Waals surface area contributed by atoms with Gasteiger partial charge in [0.1, 0.15) is 5.60 Å². The first-order chi connectivity index (χ1) is 7.11. The molecule has 0 spiro atoms. The third-order valence-electron chi connectivity index (χ3n) is 2.09. The molecule has 16 heavy (non-hydrogen) atoms. The van der Waals surface area contributed by atoms with Crippen molar-refractivity contribution in [3.05, 3.63) is 0 Å². The second-order valence-corrected chi connectivity index (χ2v) is 5.01. The summed E-state index contributed by atoms with van der Waals surface area (Å²) in [6, 6.07) is -0.231. The largest absolute Gasteiger partial charge is 0.481 e. The lowest BCUT2D eigenvalue weighted by atomic mass is 10.0. The molecule has 1 amide bonds. The summed E-state index contributed by atoms with van der Waals surface area (Å²) in [5, 5.41) is 11.2. The van der Waals surface area contributed by atoms with E-state index in [9.17, 15) is 9.59 Å². The number of ether oxygens (including phenoxy) is 1. The van der Waals surface area contributed by atoms with Gasteiger partial charge < -0.3 is 15.2 Å². The normalized spacial score (nSPS) is 15.1. The molecule has 5 heteroatoms. The molecule has 94 valence electrons. The first-order valence-electron chi connectivity index (χ1n) is 5.33. The number of aliphatic carboxylic acids is 1. The number of carboxylic acid groups (broad SMARTS) is 1. The highest BCUT2D eigenvalue weighted by atomic mass is 16.6. The molecule has 5 nitrogen and oxygen atoms in total. The van der Waals surface area contributed by atoms with Crippen LogP contribution in [0, 0.1) is 5.92 Å². The topological polar surface area (TPSA) is 75.6 Å². The number of hydrogen-bond acceptors (Lipinski definition) is 3. The summed E-state index contributed by atoms with van der Waals surface area (Å²) in [6.07, 6.45) is -0.492. The Bertz CT molecular complexity index is 257. The molecular weight excluding hydrogens is 210 g/mol. The van der Waals surface area contributed by atoms with Crippen LogP contribution in [-0.2, 0) is 9.53 Å². The molecule has 0 aromatic carbocycles. The Balaban J connectivity index is 4.09. The Kier molecular flexibility index (Phi) is 5.27. The minimum Gasteiger partial charge on any atom is -0.481 e. The maximum absolute atomic E-state index is 11.4. The van der Waals surface area contributed by atoms with Gasteiger partial charge in [0.25, 0.3) is 0 Å². The standard InChI is InChI=1S/C11H21NO4/c1-7(6-9(13)14)8(2)12-10(15)16-11(3,4)5/h7-8H,6H2,1-5H3,(H,12,15)(H,13,14)/t7-,8-/m0/s1. The molecule has 0 fully saturated rings. The van der Waals surface area contributed by atoms with Gasteiger partial charge in [0, 0.05) is 12.5 Å². The van der Waals surface area contributed by atoms with Gasteiger partial charge in [-0.15, -0.1) is 0 Å². The molecule has 2 atom stereocenters. The molecule has 0 aromatic heterocycles. The lowest BCUT2D eigenvalue weighted by Gasteiger charge is -2.24. The van der Waals surface area contributed by atoms with Crippen LogP contribution in [0.1, 0.15) is 41.0 Å². The molecule has 0 bridgehead atoms. The van der Waals surface area contributed by atoms with Gasteiger partial charge in [-0.3, -0.25) is 4.79 Å². The summed E-state index contributed by atoms with van der Waals surface area (Å²) in [7, 11) is 0. The van der Waals surface area contributed by atoms with Crippen LogP contribution in [-0.4, -0.2) is 28.8 Å². The zero-order chi connectivity index (χ0) is 12.9. The van der Waals surface area contributed by atoms with Gasteiger partial charge in [0.05, 0.1) is 0 Å². The maximum Gasteiger partial charge on any atom is 0.407 e. The third-order valence-corrected chi connectivity index (χ3v) is 2.09. The fraction of sp³-hybridized carbons (Fsp3) is 0.818. The van der Waals surface area contributed by atoms with Crippen LogP contribution in [0.4, 0.5) is 4.79 Å². The van der Waals surface area contributed by atoms with Gasteiger partial charge in [-0.1, -0.05) is 6.92 Å². The number of amides is 1. The van der Waals surface area contributed by atoms with Gasteiger partial charge >= 0.3 is 12.1 Å². The van der Waals surface area contributed by atoms with E-state index in [1.165, 1.54) is 0 Å². The van der Waals surface area contributed by atoms with E-state index in [1.807, 2.05) is 0 Å². The van der Waals surface area contributed by atoms with Crippen LogP contribution in [0.3, 0.4) is 0 Å². The number of hydrogen-bond donors (Lipinski definition) is 2. The van der Waals surface area contributed by atoms with E-state index in [0.717, 1.165) is 0 Å². The van der Waals surface area contributed by atoms with Gasteiger partial charge in [-0.2, -0.15) is 0 Å². The lowest BCUT2D eigenvalue weighted by Crippen LogP contribution is -2.41. The van der Waals surface area contributed by atoms with Crippen LogP contribution in [0.5, 0.6) is 0 Å². The molecule has 0 heterocycles. The molecule has 0 radical (unpaired) electrons. The van der Waals surface area contributed by atoms with Crippen LogP contribution >= 0.6 is 0 Å². The van der Waals surface area contributed by atoms with Crippen molar-refractivity contribution < 1.29 is 19.4 Å². The second-order valence-electron chi connectivity index (χ2n) is 5.01. The van der Waals surface area contributed by atoms with Gasteiger partial charge in [-0.05, 0) is 33.6 Å². The van der Waals surface area contributed by atoms with Crippen molar-refractivity contribution in [3.63, 3.8) is 0 Å². The molecule has 0 saturated heterocycles. The van der Waals surface area contributed by atoms with Crippen LogP contribution < -0.4 is 5.32 Å². The smallest absolute Gasteiger partial charge is 0.407 e. The van der Waals surface area contributed by atoms with E-state index in [0.29, 0.717) is 0 Å². The van der Waals surface area contributed by atoms with Crippen molar-refractivity contribution in [1.29, 1.82) is 0 Å². The fourth-order valence-corrected chi connectivity index (χ4v) is 1.09. The molecule has 0 aliphatic heterocycles. The first kappa shape index (κ1) is 14.7. The zero-order valence-electron chi connectivity index (χ0n) is 10.5. The van der Waals surface area contributed by atoms with Crippen molar-refractivity contribution in [3.8, 4) is 0 Å². The molecule has 0 unspecified atom stereocenters. The average molecular weight is 231 g/mol. The van der Waals surface area contributed by atoms with Crippen molar-refractivity contribution in [2.75, 3.05) is 0 Å². The molecule has 0 aromatic rings. The van der Waals surface area contributed by atoms with Gasteiger partial charge in [0.2, 0.25) is 0 Å². The highest BCUT2D eigenvalue weighted by molar-refractivity contribution is 5.69. The maximum atomic E-state index is 11.4. The van der Waals surface area contributed by atoms with E-state index in [1.54, 1.807) is 34.6 Å². The number of carbonyl (C=O) groups is 2. The number of alkyl carbamates (subject to hydrolysis) is 1. The number of rotatable bonds is 4. The minimum absolute atomic E-state index is 0.0248. The van der Waals surface area contributed by atoms with E-state index >= 15 is 0 Å². The average Bonchev–Trinajstić information content (AvgIpc) is 1.98.